The highest BCUT2D eigenvalue weighted by Gasteiger charge is 2.38. The SMILES string of the molecule is NC1CCCN(c2c(C(F)(F)F)cnc3[nH]cc(NC(=O)c4cccnc4)c23)C1. The standard InChI is InChI=1S/C19H19F3N6O/c20-19(21,22)13-8-25-17-15(16(13)28-6-2-4-12(23)10-28)14(9-26-17)27-18(29)11-3-1-5-24-7-11/h1,3,5,7-9,12H,2,4,6,10,23H2,(H,25,26)(H,27,29). The van der Waals surface area contributed by atoms with Gasteiger partial charge in [0.05, 0.1) is 27.9 Å². The number of H-pyrrole nitrogens is 1. The van der Waals surface area contributed by atoms with E-state index in [0.717, 1.165) is 12.6 Å². The minimum absolute atomic E-state index is 0.0135. The summed E-state index contributed by atoms with van der Waals surface area (Å²) in [7, 11) is 0. The van der Waals surface area contributed by atoms with Gasteiger partial charge in [-0.3, -0.25) is 9.78 Å². The van der Waals surface area contributed by atoms with Gasteiger partial charge in [0.15, 0.2) is 0 Å². The molecule has 1 unspecified atom stereocenters. The smallest absolute Gasteiger partial charge is 0.369 e. The quantitative estimate of drug-likeness (QED) is 0.623. The maximum absolute atomic E-state index is 13.8. The van der Waals surface area contributed by atoms with Crippen LogP contribution in [-0.4, -0.2) is 40.0 Å². The lowest BCUT2D eigenvalue weighted by Gasteiger charge is -2.34. The van der Waals surface area contributed by atoms with Crippen LogP contribution in [0.2, 0.25) is 0 Å². The second-order valence-electron chi connectivity index (χ2n) is 6.99. The molecule has 0 aliphatic carbocycles. The Kier molecular flexibility index (Phi) is 4.87. The summed E-state index contributed by atoms with van der Waals surface area (Å²) in [6, 6.07) is 2.95. The predicted octanol–water partition coefficient (Wildman–Crippen LogP) is 3.16. The van der Waals surface area contributed by atoms with Gasteiger partial charge in [-0.25, -0.2) is 4.98 Å². The molecule has 10 heteroatoms. The largest absolute Gasteiger partial charge is 0.419 e. The van der Waals surface area contributed by atoms with Gasteiger partial charge >= 0.3 is 6.18 Å². The molecule has 3 aromatic rings. The third-order valence-electron chi connectivity index (χ3n) is 4.93. The summed E-state index contributed by atoms with van der Waals surface area (Å²) in [5.41, 5.74) is 5.92. The summed E-state index contributed by atoms with van der Waals surface area (Å²) in [5, 5.41) is 2.89. The van der Waals surface area contributed by atoms with Gasteiger partial charge < -0.3 is 20.9 Å². The summed E-state index contributed by atoms with van der Waals surface area (Å²) in [6.07, 6.45) is 2.02. The molecule has 1 fully saturated rings. The normalized spacial score (nSPS) is 17.5. The molecule has 152 valence electrons. The van der Waals surface area contributed by atoms with Gasteiger partial charge in [0, 0.05) is 43.9 Å². The molecule has 29 heavy (non-hydrogen) atoms. The van der Waals surface area contributed by atoms with Gasteiger partial charge in [-0.1, -0.05) is 0 Å². The second kappa shape index (κ2) is 7.36. The number of carbonyl (C=O) groups is 1. The van der Waals surface area contributed by atoms with E-state index < -0.39 is 17.6 Å². The number of aromatic nitrogens is 3. The third kappa shape index (κ3) is 3.75. The molecular formula is C19H19F3N6O. The Morgan fingerprint density at radius 3 is 2.86 bits per heavy atom. The molecule has 1 aliphatic heterocycles. The number of piperidine rings is 1. The number of aromatic amines is 1. The molecule has 0 spiro atoms. The number of carbonyl (C=O) groups excluding carboxylic acids is 1. The minimum atomic E-state index is -4.60. The van der Waals surface area contributed by atoms with Crippen molar-refractivity contribution in [3.05, 3.63) is 48.0 Å². The molecule has 4 N–H and O–H groups in total. The number of hydrogen-bond acceptors (Lipinski definition) is 5. The van der Waals surface area contributed by atoms with Gasteiger partial charge in [0.1, 0.15) is 5.65 Å². The van der Waals surface area contributed by atoms with Crippen molar-refractivity contribution in [2.45, 2.75) is 25.1 Å². The number of nitrogens with one attached hydrogen (secondary N) is 2. The van der Waals surface area contributed by atoms with Gasteiger partial charge in [-0.2, -0.15) is 13.2 Å². The van der Waals surface area contributed by atoms with Crippen molar-refractivity contribution in [3.8, 4) is 0 Å². The molecule has 3 aromatic heterocycles. The molecule has 0 saturated carbocycles. The molecule has 1 saturated heterocycles. The van der Waals surface area contributed by atoms with Crippen LogP contribution in [0.4, 0.5) is 24.5 Å². The van der Waals surface area contributed by atoms with Crippen LogP contribution in [0.25, 0.3) is 11.0 Å². The van der Waals surface area contributed by atoms with E-state index in [-0.39, 0.29) is 28.5 Å². The van der Waals surface area contributed by atoms with Gasteiger partial charge in [-0.15, -0.1) is 0 Å². The summed E-state index contributed by atoms with van der Waals surface area (Å²) in [5.74, 6) is -0.474. The van der Waals surface area contributed by atoms with Crippen molar-refractivity contribution in [3.63, 3.8) is 0 Å². The second-order valence-corrected chi connectivity index (χ2v) is 6.99. The van der Waals surface area contributed by atoms with Gasteiger partial charge in [-0.05, 0) is 25.0 Å². The molecule has 0 radical (unpaired) electrons. The summed E-state index contributed by atoms with van der Waals surface area (Å²) >= 11 is 0. The number of nitrogens with zero attached hydrogens (tertiary/aromatic N) is 3. The molecule has 0 bridgehead atoms. The fourth-order valence-electron chi connectivity index (χ4n) is 3.62. The van der Waals surface area contributed by atoms with Gasteiger partial charge in [0.2, 0.25) is 0 Å². The van der Waals surface area contributed by atoms with Crippen LogP contribution in [0.15, 0.2) is 36.9 Å². The van der Waals surface area contributed by atoms with Crippen molar-refractivity contribution in [2.75, 3.05) is 23.3 Å². The van der Waals surface area contributed by atoms with Crippen LogP contribution in [0, 0.1) is 0 Å². The summed E-state index contributed by atoms with van der Waals surface area (Å²) < 4.78 is 41.4. The molecule has 4 rings (SSSR count). The van der Waals surface area contributed by atoms with E-state index in [1.54, 1.807) is 17.0 Å². The van der Waals surface area contributed by atoms with Crippen LogP contribution in [0.1, 0.15) is 28.8 Å². The average Bonchev–Trinajstić information content (AvgIpc) is 3.10. The zero-order chi connectivity index (χ0) is 20.6. The Hall–Kier alpha value is -3.14. The van der Waals surface area contributed by atoms with E-state index in [2.05, 4.69) is 20.3 Å². The van der Waals surface area contributed by atoms with Crippen molar-refractivity contribution in [2.24, 2.45) is 5.73 Å². The van der Waals surface area contributed by atoms with Crippen LogP contribution in [0.5, 0.6) is 0 Å². The molecule has 0 aromatic carbocycles. The van der Waals surface area contributed by atoms with Crippen molar-refractivity contribution in [1.82, 2.24) is 15.0 Å². The highest BCUT2D eigenvalue weighted by Crippen LogP contribution is 2.43. The average molecular weight is 404 g/mol. The third-order valence-corrected chi connectivity index (χ3v) is 4.93. The zero-order valence-electron chi connectivity index (χ0n) is 15.3. The molecule has 1 amide bonds. The number of halogens is 3. The minimum Gasteiger partial charge on any atom is -0.369 e. The summed E-state index contributed by atoms with van der Waals surface area (Å²) in [6.45, 7) is 0.737. The highest BCUT2D eigenvalue weighted by molar-refractivity contribution is 6.11. The lowest BCUT2D eigenvalue weighted by molar-refractivity contribution is -0.137. The Morgan fingerprint density at radius 2 is 2.17 bits per heavy atom. The first-order chi connectivity index (χ1) is 13.8. The van der Waals surface area contributed by atoms with Crippen molar-refractivity contribution < 1.29 is 18.0 Å². The number of fused-ring (bicyclic) bond motifs is 1. The van der Waals surface area contributed by atoms with Crippen LogP contribution in [-0.2, 0) is 6.18 Å². The number of nitrogens with two attached hydrogens (primary N) is 1. The first kappa shape index (κ1) is 19.2. The van der Waals surface area contributed by atoms with Gasteiger partial charge in [0.25, 0.3) is 5.91 Å². The van der Waals surface area contributed by atoms with E-state index >= 15 is 0 Å². The maximum Gasteiger partial charge on any atom is 0.419 e. The number of amides is 1. The zero-order valence-corrected chi connectivity index (χ0v) is 15.3. The molecule has 1 atom stereocenters. The maximum atomic E-state index is 13.8. The number of pyridine rings is 2. The monoisotopic (exact) mass is 404 g/mol. The first-order valence-electron chi connectivity index (χ1n) is 9.14. The highest BCUT2D eigenvalue weighted by atomic mass is 19.4. The Bertz CT molecular complexity index is 1030. The molecule has 1 aliphatic rings. The fraction of sp³-hybridized carbons (Fsp3) is 0.316. The van der Waals surface area contributed by atoms with E-state index in [0.29, 0.717) is 25.1 Å². The lowest BCUT2D eigenvalue weighted by atomic mass is 10.0. The van der Waals surface area contributed by atoms with E-state index in [4.69, 9.17) is 5.73 Å². The Morgan fingerprint density at radius 1 is 1.34 bits per heavy atom. The lowest BCUT2D eigenvalue weighted by Crippen LogP contribution is -2.43. The topological polar surface area (TPSA) is 99.9 Å². The van der Waals surface area contributed by atoms with Crippen LogP contribution in [0.3, 0.4) is 0 Å². The number of hydrogen-bond donors (Lipinski definition) is 3. The van der Waals surface area contributed by atoms with Crippen molar-refractivity contribution in [1.29, 1.82) is 0 Å². The Balaban J connectivity index is 1.83. The predicted molar refractivity (Wildman–Crippen MR) is 103 cm³/mol. The van der Waals surface area contributed by atoms with E-state index in [1.807, 2.05) is 0 Å². The van der Waals surface area contributed by atoms with Crippen LogP contribution < -0.4 is 16.0 Å². The summed E-state index contributed by atoms with van der Waals surface area (Å²) in [4.78, 5) is 24.8. The number of anilines is 2. The van der Waals surface area contributed by atoms with Crippen molar-refractivity contribution >= 4 is 28.3 Å². The first-order valence-corrected chi connectivity index (χ1v) is 9.14. The molecular weight excluding hydrogens is 385 g/mol. The Labute approximate surface area is 164 Å². The molecule has 7 nitrogen and oxygen atoms in total. The fourth-order valence-corrected chi connectivity index (χ4v) is 3.62. The number of alkyl halides is 3. The van der Waals surface area contributed by atoms with E-state index in [9.17, 15) is 18.0 Å². The van der Waals surface area contributed by atoms with Crippen LogP contribution >= 0.6 is 0 Å². The van der Waals surface area contributed by atoms with E-state index in [1.165, 1.54) is 18.6 Å². The number of rotatable bonds is 3. The molecule has 4 heterocycles.